The van der Waals surface area contributed by atoms with Crippen LogP contribution in [0.3, 0.4) is 0 Å². The quantitative estimate of drug-likeness (QED) is 0.360. The van der Waals surface area contributed by atoms with E-state index in [0.717, 1.165) is 0 Å². The molecule has 4 rings (SSSR count). The van der Waals surface area contributed by atoms with E-state index < -0.39 is 53.2 Å². The summed E-state index contributed by atoms with van der Waals surface area (Å²) in [5.74, 6) is -0.873. The summed E-state index contributed by atoms with van der Waals surface area (Å²) in [6.07, 6.45) is 24.9. The maximum atomic E-state index is 2.57. The molecular weight excluding hydrogens is 820 g/mol. The van der Waals surface area contributed by atoms with Crippen LogP contribution in [0, 0.1) is 0 Å². The summed E-state index contributed by atoms with van der Waals surface area (Å²) in [7, 11) is 0. The molecule has 0 saturated heterocycles. The minimum atomic E-state index is -1.55. The molecule has 0 aromatic carbocycles. The number of allylic oxidation sites excluding steroid dienone is 16. The zero-order valence-corrected chi connectivity index (χ0v) is 33.4. The molecule has 4 aliphatic rings. The summed E-state index contributed by atoms with van der Waals surface area (Å²) < 4.78 is 7.55. The smallest absolute Gasteiger partial charge is 1.00 e. The van der Waals surface area contributed by atoms with Crippen LogP contribution in [0.1, 0.15) is 53.4 Å². The minimum Gasteiger partial charge on any atom is -1.00 e. The van der Waals surface area contributed by atoms with Gasteiger partial charge < -0.3 is 24.8 Å². The SMILES string of the molecule is CC1=CC[C]([Hf+]([C]2=CC(C)=CC2)[SiH](C)C)=C1.CC1=CC[C]([Hf+]([C]2=CC(C)=CC2)[SiH](C)C)=C1.[Cl-].[Cl-]. The van der Waals surface area contributed by atoms with E-state index in [2.05, 4.69) is 102 Å². The fourth-order valence-corrected chi connectivity index (χ4v) is 59.9. The maximum absolute atomic E-state index is 2.57. The molecule has 0 saturated carbocycles. The van der Waals surface area contributed by atoms with Gasteiger partial charge in [-0.05, 0) is 0 Å². The van der Waals surface area contributed by atoms with Crippen LogP contribution < -0.4 is 24.8 Å². The fraction of sp³-hybridized carbons (Fsp3) is 0.429. The van der Waals surface area contributed by atoms with E-state index in [1.165, 1.54) is 48.0 Å². The van der Waals surface area contributed by atoms with Crippen LogP contribution in [-0.2, 0) is 41.2 Å². The molecule has 6 heteroatoms. The Morgan fingerprint density at radius 1 is 0.471 bits per heavy atom. The fourth-order valence-electron chi connectivity index (χ4n) is 5.30. The van der Waals surface area contributed by atoms with E-state index >= 15 is 0 Å². The van der Waals surface area contributed by atoms with E-state index in [-0.39, 0.29) is 24.8 Å². The van der Waals surface area contributed by atoms with Crippen LogP contribution in [0.4, 0.5) is 0 Å². The first-order valence-corrected chi connectivity index (χ1v) is 37.8. The molecule has 0 unspecified atom stereocenters. The van der Waals surface area contributed by atoms with Crippen LogP contribution in [0.15, 0.2) is 84.2 Å². The van der Waals surface area contributed by atoms with Gasteiger partial charge in [0.1, 0.15) is 0 Å². The van der Waals surface area contributed by atoms with Crippen molar-refractivity contribution in [2.75, 3.05) is 0 Å². The van der Waals surface area contributed by atoms with Gasteiger partial charge >= 0.3 is 217 Å². The topological polar surface area (TPSA) is 0 Å². The molecule has 0 heterocycles. The predicted molar refractivity (Wildman–Crippen MR) is 144 cm³/mol. The van der Waals surface area contributed by atoms with Crippen molar-refractivity contribution in [3.63, 3.8) is 0 Å². The van der Waals surface area contributed by atoms with E-state index in [4.69, 9.17) is 0 Å². The maximum Gasteiger partial charge on any atom is -1.00 e. The molecule has 0 nitrogen and oxygen atoms in total. The second-order valence-electron chi connectivity index (χ2n) is 10.4. The average molecular weight is 863 g/mol. The number of rotatable bonds is 6. The zero-order valence-electron chi connectivity index (χ0n) is 22.4. The van der Waals surface area contributed by atoms with Crippen LogP contribution in [-0.4, -0.2) is 12.0 Å². The van der Waals surface area contributed by atoms with Gasteiger partial charge in [-0.2, -0.15) is 0 Å². The van der Waals surface area contributed by atoms with Crippen molar-refractivity contribution in [3.8, 4) is 0 Å². The monoisotopic (exact) mass is 864 g/mol. The van der Waals surface area contributed by atoms with Crippen molar-refractivity contribution >= 4 is 12.0 Å². The summed E-state index contributed by atoms with van der Waals surface area (Å²) in [4.78, 5) is 0. The summed E-state index contributed by atoms with van der Waals surface area (Å²) in [5, 5.41) is 0. The Kier molecular flexibility index (Phi) is 14.6. The standard InChI is InChI=1S/4C6H7.2C2H7Si.2ClH.2Hf/c4*1-6-4-2-3-5-6;2*1-3-2;;;;/h4*4-5H,2H2,1H3;2*3H,1-2H3;2*1H;;/q;;;;;;;;2*+1/p-2. The van der Waals surface area contributed by atoms with Crippen LogP contribution in [0.5, 0.6) is 0 Å². The first kappa shape index (κ1) is 32.7. The minimum absolute atomic E-state index is 0. The van der Waals surface area contributed by atoms with Crippen molar-refractivity contribution in [1.29, 1.82) is 0 Å². The Hall–Kier alpha value is 0.674. The molecule has 0 bridgehead atoms. The first-order valence-electron chi connectivity index (χ1n) is 12.4. The van der Waals surface area contributed by atoms with Crippen LogP contribution in [0.2, 0.25) is 26.2 Å². The second kappa shape index (κ2) is 15.2. The first-order chi connectivity index (χ1) is 15.2. The molecule has 0 aliphatic heterocycles. The van der Waals surface area contributed by atoms with Gasteiger partial charge in [0.25, 0.3) is 0 Å². The van der Waals surface area contributed by atoms with Crippen molar-refractivity contribution < 1.29 is 66.0 Å². The Morgan fingerprint density at radius 3 is 0.794 bits per heavy atom. The number of halogens is 2. The molecule has 0 N–H and O–H groups in total. The van der Waals surface area contributed by atoms with E-state index in [9.17, 15) is 0 Å². The van der Waals surface area contributed by atoms with Gasteiger partial charge in [-0.1, -0.05) is 0 Å². The summed E-state index contributed by atoms with van der Waals surface area (Å²) >= 11 is -3.09. The van der Waals surface area contributed by atoms with Crippen molar-refractivity contribution in [1.82, 2.24) is 0 Å². The molecule has 0 radical (unpaired) electrons. The average Bonchev–Trinajstić information content (AvgIpc) is 3.48. The van der Waals surface area contributed by atoms with Gasteiger partial charge in [0, 0.05) is 0 Å². The molecular formula is C28H42Cl2Hf2Si2. The molecule has 0 aromatic rings. The number of hydrogen-bond acceptors (Lipinski definition) is 0. The molecule has 0 atom stereocenters. The summed E-state index contributed by atoms with van der Waals surface area (Å²) in [5.41, 5.74) is 6.04. The Balaban J connectivity index is 0.000000321. The molecule has 34 heavy (non-hydrogen) atoms. The van der Waals surface area contributed by atoms with Crippen molar-refractivity contribution in [3.05, 3.63) is 84.2 Å². The van der Waals surface area contributed by atoms with E-state index in [0.29, 0.717) is 0 Å². The largest absolute Gasteiger partial charge is 1.00 e. The van der Waals surface area contributed by atoms with Gasteiger partial charge in [0.05, 0.1) is 0 Å². The van der Waals surface area contributed by atoms with Crippen molar-refractivity contribution in [2.45, 2.75) is 79.6 Å². The molecule has 0 fully saturated rings. The third kappa shape index (κ3) is 8.90. The summed E-state index contributed by atoms with van der Waals surface area (Å²) in [6, 6.07) is 0. The third-order valence-electron chi connectivity index (χ3n) is 6.72. The second-order valence-corrected chi connectivity index (χ2v) is 64.6. The normalized spacial score (nSPS) is 18.4. The van der Waals surface area contributed by atoms with Gasteiger partial charge in [0.15, 0.2) is 0 Å². The van der Waals surface area contributed by atoms with Gasteiger partial charge in [0.2, 0.25) is 0 Å². The van der Waals surface area contributed by atoms with Gasteiger partial charge in [-0.25, -0.2) is 0 Å². The van der Waals surface area contributed by atoms with E-state index in [1.807, 2.05) is 13.3 Å². The van der Waals surface area contributed by atoms with Crippen LogP contribution in [0.25, 0.3) is 0 Å². The zero-order chi connectivity index (χ0) is 23.4. The van der Waals surface area contributed by atoms with E-state index in [1.54, 1.807) is 0 Å². The van der Waals surface area contributed by atoms with Gasteiger partial charge in [-0.15, -0.1) is 0 Å². The third-order valence-corrected chi connectivity index (χ3v) is 61.0. The van der Waals surface area contributed by atoms with Gasteiger partial charge in [-0.3, -0.25) is 0 Å². The molecule has 4 aliphatic carbocycles. The Labute approximate surface area is 239 Å². The summed E-state index contributed by atoms with van der Waals surface area (Å²) in [6.45, 7) is 19.3. The van der Waals surface area contributed by atoms with Crippen molar-refractivity contribution in [2.24, 2.45) is 0 Å². The number of hydrogen-bond donors (Lipinski definition) is 0. The predicted octanol–water partition coefficient (Wildman–Crippen LogP) is 2.12. The van der Waals surface area contributed by atoms with Crippen LogP contribution >= 0.6 is 0 Å². The molecule has 0 spiro atoms. The Morgan fingerprint density at radius 2 is 0.676 bits per heavy atom. The molecule has 0 aromatic heterocycles. The Bertz CT molecular complexity index is 840. The molecule has 0 amide bonds. The molecule has 184 valence electrons.